The van der Waals surface area contributed by atoms with E-state index < -0.39 is 0 Å². The zero-order chi connectivity index (χ0) is 20.1. The Hall–Kier alpha value is -4.14. The number of nitrogens with two attached hydrogens (primary N) is 1. The van der Waals surface area contributed by atoms with Crippen molar-refractivity contribution in [1.29, 1.82) is 0 Å². The van der Waals surface area contributed by atoms with Gasteiger partial charge in [0, 0.05) is 29.3 Å². The largest absolute Gasteiger partial charge is 0.495 e. The van der Waals surface area contributed by atoms with Crippen LogP contribution in [0, 0.1) is 0 Å². The Kier molecular flexibility index (Phi) is 5.19. The summed E-state index contributed by atoms with van der Waals surface area (Å²) in [7, 11) is 1.59. The zero-order valence-corrected chi connectivity index (χ0v) is 15.7. The maximum atomic E-state index is 5.46. The molecule has 0 aliphatic heterocycles. The minimum atomic E-state index is 0.321. The molecule has 0 saturated heterocycles. The summed E-state index contributed by atoms with van der Waals surface area (Å²) in [4.78, 5) is 17.2. The molecule has 0 amide bonds. The van der Waals surface area contributed by atoms with Crippen LogP contribution in [-0.4, -0.2) is 27.0 Å². The molecular formula is C20H19N8O+. The van der Waals surface area contributed by atoms with Crippen molar-refractivity contribution >= 4 is 34.0 Å². The van der Waals surface area contributed by atoms with E-state index in [1.807, 2.05) is 30.3 Å². The third kappa shape index (κ3) is 4.24. The Morgan fingerprint density at radius 2 is 2.03 bits per heavy atom. The molecule has 3 heterocycles. The van der Waals surface area contributed by atoms with Crippen LogP contribution in [0.4, 0.5) is 23.1 Å². The molecule has 0 bridgehead atoms. The molecule has 0 radical (unpaired) electrons. The molecule has 0 spiro atoms. The second-order valence-electron chi connectivity index (χ2n) is 6.18. The van der Waals surface area contributed by atoms with Crippen LogP contribution in [-0.2, 0) is 6.54 Å². The Morgan fingerprint density at radius 3 is 2.90 bits per heavy atom. The second kappa shape index (κ2) is 8.26. The zero-order valence-electron chi connectivity index (χ0n) is 15.7. The van der Waals surface area contributed by atoms with Gasteiger partial charge in [-0.25, -0.2) is 9.97 Å². The Morgan fingerprint density at radius 1 is 1.10 bits per heavy atom. The summed E-state index contributed by atoms with van der Waals surface area (Å²) in [6.07, 6.45) is 6.63. The number of hydrogen-bond donors (Lipinski definition) is 3. The van der Waals surface area contributed by atoms with E-state index in [0.29, 0.717) is 29.7 Å². The van der Waals surface area contributed by atoms with E-state index in [1.165, 1.54) is 0 Å². The predicted octanol–water partition coefficient (Wildman–Crippen LogP) is 2.63. The maximum absolute atomic E-state index is 5.46. The van der Waals surface area contributed by atoms with Gasteiger partial charge in [-0.1, -0.05) is 12.1 Å². The second-order valence-corrected chi connectivity index (χ2v) is 6.18. The minimum absolute atomic E-state index is 0.321. The van der Waals surface area contributed by atoms with Crippen molar-refractivity contribution in [2.45, 2.75) is 6.54 Å². The molecule has 0 aliphatic carbocycles. The molecule has 4 N–H and O–H groups in total. The third-order valence-electron chi connectivity index (χ3n) is 4.22. The van der Waals surface area contributed by atoms with Crippen molar-refractivity contribution in [3.05, 3.63) is 66.7 Å². The molecular weight excluding hydrogens is 368 g/mol. The van der Waals surface area contributed by atoms with Crippen LogP contribution < -0.4 is 20.9 Å². The van der Waals surface area contributed by atoms with Crippen LogP contribution in [0.15, 0.2) is 66.3 Å². The van der Waals surface area contributed by atoms with Gasteiger partial charge in [0.2, 0.25) is 0 Å². The molecule has 0 fully saturated rings. The van der Waals surface area contributed by atoms with Crippen LogP contribution in [0.1, 0.15) is 5.56 Å². The fraction of sp³-hybridized carbons (Fsp3) is 0.100. The molecule has 4 aromatic rings. The number of benzene rings is 1. The SMILES string of the molecule is COc1cncc(Nc2cnc(N=[NH2+])c(NCc3ccc4ncccc4c3)n2)c1. The molecule has 1 aromatic carbocycles. The number of fused-ring (bicyclic) bond motifs is 1. The lowest BCUT2D eigenvalue weighted by molar-refractivity contribution is -0.210. The van der Waals surface area contributed by atoms with Gasteiger partial charge in [-0.05, 0) is 23.8 Å². The summed E-state index contributed by atoms with van der Waals surface area (Å²) >= 11 is 0. The summed E-state index contributed by atoms with van der Waals surface area (Å²) < 4.78 is 5.18. The molecule has 144 valence electrons. The fourth-order valence-electron chi connectivity index (χ4n) is 2.82. The van der Waals surface area contributed by atoms with Crippen molar-refractivity contribution < 1.29 is 10.3 Å². The van der Waals surface area contributed by atoms with Gasteiger partial charge >= 0.3 is 0 Å². The highest BCUT2D eigenvalue weighted by atomic mass is 16.5. The predicted molar refractivity (Wildman–Crippen MR) is 109 cm³/mol. The van der Waals surface area contributed by atoms with E-state index in [0.717, 1.165) is 22.2 Å². The van der Waals surface area contributed by atoms with Crippen molar-refractivity contribution in [3.8, 4) is 5.75 Å². The Bertz CT molecular complexity index is 1160. The number of aromatic nitrogens is 4. The van der Waals surface area contributed by atoms with E-state index >= 15 is 0 Å². The van der Waals surface area contributed by atoms with Gasteiger partial charge in [0.15, 0.2) is 11.6 Å². The molecule has 0 saturated carbocycles. The summed E-state index contributed by atoms with van der Waals surface area (Å²) in [5, 5.41) is 11.2. The Labute approximate surface area is 166 Å². The number of methoxy groups -OCH3 is 1. The van der Waals surface area contributed by atoms with Crippen LogP contribution >= 0.6 is 0 Å². The first-order chi connectivity index (χ1) is 14.2. The van der Waals surface area contributed by atoms with Gasteiger partial charge in [0.1, 0.15) is 5.75 Å². The van der Waals surface area contributed by atoms with Gasteiger partial charge < -0.3 is 15.4 Å². The highest BCUT2D eigenvalue weighted by Gasteiger charge is 2.10. The summed E-state index contributed by atoms with van der Waals surface area (Å²) in [6, 6.07) is 11.8. The van der Waals surface area contributed by atoms with E-state index in [4.69, 9.17) is 10.3 Å². The topological polar surface area (TPSA) is 123 Å². The lowest BCUT2D eigenvalue weighted by Crippen LogP contribution is -2.22. The van der Waals surface area contributed by atoms with Gasteiger partial charge in [0.25, 0.3) is 5.82 Å². The molecule has 0 aliphatic rings. The number of rotatable bonds is 7. The molecule has 0 atom stereocenters. The van der Waals surface area contributed by atoms with Crippen LogP contribution in [0.25, 0.3) is 10.9 Å². The molecule has 4 rings (SSSR count). The molecule has 29 heavy (non-hydrogen) atoms. The van der Waals surface area contributed by atoms with E-state index in [-0.39, 0.29) is 0 Å². The number of anilines is 3. The fourth-order valence-corrected chi connectivity index (χ4v) is 2.82. The summed E-state index contributed by atoms with van der Waals surface area (Å²) in [5.74, 6) is 1.96. The van der Waals surface area contributed by atoms with E-state index in [2.05, 4.69) is 41.8 Å². The van der Waals surface area contributed by atoms with Crippen molar-refractivity contribution in [1.82, 2.24) is 19.9 Å². The Balaban J connectivity index is 1.53. The van der Waals surface area contributed by atoms with Gasteiger partial charge in [0.05, 0.1) is 36.9 Å². The molecule has 9 heteroatoms. The summed E-state index contributed by atoms with van der Waals surface area (Å²) in [6.45, 7) is 0.534. The van der Waals surface area contributed by atoms with Gasteiger partial charge in [-0.2, -0.15) is 5.53 Å². The van der Waals surface area contributed by atoms with E-state index in [9.17, 15) is 0 Å². The first-order valence-electron chi connectivity index (χ1n) is 8.87. The van der Waals surface area contributed by atoms with Crippen molar-refractivity contribution in [2.24, 2.45) is 5.11 Å². The standard InChI is InChI=1S/C20H18N8O/c1-29-16-8-15(10-22-11-16)26-18-12-25-20(28-21)19(27-18)24-9-13-4-5-17-14(7-13)3-2-6-23-17/h2-8,10-12,21H,9H2,1H3,(H2,24,26,27)/p+1. The first-order valence-corrected chi connectivity index (χ1v) is 8.87. The van der Waals surface area contributed by atoms with Crippen LogP contribution in [0.5, 0.6) is 5.75 Å². The quantitative estimate of drug-likeness (QED) is 0.417. The first kappa shape index (κ1) is 18.2. The van der Waals surface area contributed by atoms with Crippen LogP contribution in [0.3, 0.4) is 0 Å². The maximum Gasteiger partial charge on any atom is 0.261 e. The lowest BCUT2D eigenvalue weighted by atomic mass is 10.1. The smallest absolute Gasteiger partial charge is 0.261 e. The average Bonchev–Trinajstić information content (AvgIpc) is 2.78. The number of pyridine rings is 2. The molecule has 9 nitrogen and oxygen atoms in total. The summed E-state index contributed by atoms with van der Waals surface area (Å²) in [5.41, 5.74) is 8.21. The monoisotopic (exact) mass is 387 g/mol. The van der Waals surface area contributed by atoms with Gasteiger partial charge in [-0.3, -0.25) is 9.97 Å². The number of hydrogen-bond acceptors (Lipinski definition) is 8. The average molecular weight is 387 g/mol. The number of ether oxygens (including phenoxy) is 1. The minimum Gasteiger partial charge on any atom is -0.495 e. The normalized spacial score (nSPS) is 10.5. The third-order valence-corrected chi connectivity index (χ3v) is 4.22. The molecule has 0 unspecified atom stereocenters. The van der Waals surface area contributed by atoms with Crippen molar-refractivity contribution in [3.63, 3.8) is 0 Å². The highest BCUT2D eigenvalue weighted by molar-refractivity contribution is 5.79. The van der Waals surface area contributed by atoms with Crippen LogP contribution in [0.2, 0.25) is 0 Å². The van der Waals surface area contributed by atoms with Gasteiger partial charge in [-0.15, -0.1) is 0 Å². The molecule has 3 aromatic heterocycles. The number of nitrogens with one attached hydrogen (secondary N) is 2. The number of nitrogens with zero attached hydrogens (tertiary/aromatic N) is 5. The van der Waals surface area contributed by atoms with E-state index in [1.54, 1.807) is 31.9 Å². The lowest BCUT2D eigenvalue weighted by Gasteiger charge is -2.10. The highest BCUT2D eigenvalue weighted by Crippen LogP contribution is 2.24. The van der Waals surface area contributed by atoms with Crippen molar-refractivity contribution in [2.75, 3.05) is 17.7 Å².